The maximum absolute atomic E-state index is 12.5. The molecule has 0 fully saturated rings. The highest BCUT2D eigenvalue weighted by Crippen LogP contribution is 2.29. The molecule has 2 aromatic carbocycles. The average Bonchev–Trinajstić information content (AvgIpc) is 3.04. The van der Waals surface area contributed by atoms with Gasteiger partial charge < -0.3 is 18.9 Å². The highest BCUT2D eigenvalue weighted by atomic mass is 35.5. The number of carbonyl (C=O) groups excluding carboxylic acids is 1. The van der Waals surface area contributed by atoms with Crippen LogP contribution in [-0.2, 0) is 11.2 Å². The second-order valence-corrected chi connectivity index (χ2v) is 7.24. The molecule has 0 spiro atoms. The zero-order chi connectivity index (χ0) is 20.7. The van der Waals surface area contributed by atoms with Crippen LogP contribution in [0.15, 0.2) is 50.2 Å². The number of carbonyl (C=O) groups is 1. The molecule has 2 heterocycles. The minimum Gasteiger partial charge on any atom is -0.495 e. The van der Waals surface area contributed by atoms with Crippen molar-refractivity contribution < 1.29 is 18.4 Å². The summed E-state index contributed by atoms with van der Waals surface area (Å²) in [6.45, 7) is 3.76. The molecule has 2 aromatic heterocycles. The van der Waals surface area contributed by atoms with E-state index in [1.807, 2.05) is 19.9 Å². The van der Waals surface area contributed by atoms with Crippen molar-refractivity contribution in [3.63, 3.8) is 0 Å². The second kappa shape index (κ2) is 7.29. The van der Waals surface area contributed by atoms with Crippen molar-refractivity contribution in [1.82, 2.24) is 0 Å². The minimum absolute atomic E-state index is 0.115. The van der Waals surface area contributed by atoms with E-state index in [-0.39, 0.29) is 12.3 Å². The van der Waals surface area contributed by atoms with Crippen LogP contribution in [0.25, 0.3) is 21.9 Å². The SMILES string of the molecule is COc1ccc(NC(=O)Cc2c(C)c3cc4c(C)coc4cc3oc2=O)cc1Cl. The molecule has 29 heavy (non-hydrogen) atoms. The molecule has 6 nitrogen and oxygen atoms in total. The van der Waals surface area contributed by atoms with Crippen LogP contribution >= 0.6 is 11.6 Å². The zero-order valence-corrected chi connectivity index (χ0v) is 16.8. The Bertz CT molecular complexity index is 1320. The Morgan fingerprint density at radius 2 is 1.93 bits per heavy atom. The summed E-state index contributed by atoms with van der Waals surface area (Å²) in [5.74, 6) is 0.165. The molecule has 1 amide bonds. The fourth-order valence-electron chi connectivity index (χ4n) is 3.35. The van der Waals surface area contributed by atoms with E-state index >= 15 is 0 Å². The van der Waals surface area contributed by atoms with Crippen molar-refractivity contribution >= 4 is 45.1 Å². The van der Waals surface area contributed by atoms with Gasteiger partial charge in [0.1, 0.15) is 16.9 Å². The van der Waals surface area contributed by atoms with Crippen molar-refractivity contribution in [2.75, 3.05) is 12.4 Å². The average molecular weight is 412 g/mol. The Morgan fingerprint density at radius 1 is 1.14 bits per heavy atom. The first-order valence-electron chi connectivity index (χ1n) is 8.95. The van der Waals surface area contributed by atoms with Crippen LogP contribution in [0.3, 0.4) is 0 Å². The minimum atomic E-state index is -0.541. The molecule has 0 unspecified atom stereocenters. The number of fused-ring (bicyclic) bond motifs is 2. The summed E-state index contributed by atoms with van der Waals surface area (Å²) in [6, 6.07) is 8.55. The predicted molar refractivity (Wildman–Crippen MR) is 112 cm³/mol. The summed E-state index contributed by atoms with van der Waals surface area (Å²) >= 11 is 6.09. The number of benzene rings is 2. The predicted octanol–water partition coefficient (Wildman–Crippen LogP) is 5.00. The second-order valence-electron chi connectivity index (χ2n) is 6.83. The number of halogens is 1. The largest absolute Gasteiger partial charge is 0.495 e. The molecular weight excluding hydrogens is 394 g/mol. The monoisotopic (exact) mass is 411 g/mol. The Labute approximate surface area is 171 Å². The van der Waals surface area contributed by atoms with E-state index in [0.717, 1.165) is 16.3 Å². The summed E-state index contributed by atoms with van der Waals surface area (Å²) < 4.78 is 16.0. The Morgan fingerprint density at radius 3 is 2.66 bits per heavy atom. The van der Waals surface area contributed by atoms with Crippen molar-refractivity contribution in [3.05, 3.63) is 68.7 Å². The van der Waals surface area contributed by atoms with Crippen LogP contribution in [0.4, 0.5) is 5.69 Å². The molecule has 4 rings (SSSR count). The lowest BCUT2D eigenvalue weighted by molar-refractivity contribution is -0.115. The number of methoxy groups -OCH3 is 1. The quantitative estimate of drug-likeness (QED) is 0.478. The van der Waals surface area contributed by atoms with Crippen LogP contribution in [0.5, 0.6) is 5.75 Å². The van der Waals surface area contributed by atoms with Gasteiger partial charge in [0, 0.05) is 22.5 Å². The number of rotatable bonds is 4. The van der Waals surface area contributed by atoms with Gasteiger partial charge in [-0.05, 0) is 49.2 Å². The molecule has 0 atom stereocenters. The van der Waals surface area contributed by atoms with E-state index in [0.29, 0.717) is 38.8 Å². The molecule has 0 aliphatic heterocycles. The maximum Gasteiger partial charge on any atom is 0.340 e. The first kappa shape index (κ1) is 19.1. The van der Waals surface area contributed by atoms with E-state index in [1.165, 1.54) is 7.11 Å². The fraction of sp³-hybridized carbons (Fsp3) is 0.182. The van der Waals surface area contributed by atoms with Gasteiger partial charge >= 0.3 is 5.63 Å². The number of furan rings is 1. The molecule has 0 aliphatic carbocycles. The Hall–Kier alpha value is -3.25. The van der Waals surface area contributed by atoms with E-state index in [4.69, 9.17) is 25.2 Å². The third kappa shape index (κ3) is 3.47. The highest BCUT2D eigenvalue weighted by Gasteiger charge is 2.17. The van der Waals surface area contributed by atoms with Crippen LogP contribution in [-0.4, -0.2) is 13.0 Å². The Balaban J connectivity index is 1.67. The van der Waals surface area contributed by atoms with Gasteiger partial charge in [-0.1, -0.05) is 11.6 Å². The third-order valence-electron chi connectivity index (χ3n) is 4.95. The number of anilines is 1. The normalized spacial score (nSPS) is 11.2. The summed E-state index contributed by atoms with van der Waals surface area (Å²) in [7, 11) is 1.51. The number of aryl methyl sites for hydroxylation is 2. The highest BCUT2D eigenvalue weighted by molar-refractivity contribution is 6.32. The van der Waals surface area contributed by atoms with Crippen molar-refractivity contribution in [1.29, 1.82) is 0 Å². The van der Waals surface area contributed by atoms with Crippen LogP contribution in [0.1, 0.15) is 16.7 Å². The lowest BCUT2D eigenvalue weighted by Crippen LogP contribution is -2.20. The summed E-state index contributed by atoms with van der Waals surface area (Å²) in [6.07, 6.45) is 1.54. The lowest BCUT2D eigenvalue weighted by Gasteiger charge is -2.10. The van der Waals surface area contributed by atoms with Gasteiger partial charge in [-0.3, -0.25) is 4.79 Å². The van der Waals surface area contributed by atoms with Crippen LogP contribution < -0.4 is 15.7 Å². The van der Waals surface area contributed by atoms with E-state index < -0.39 is 5.63 Å². The molecule has 0 saturated heterocycles. The molecule has 0 aliphatic rings. The molecular formula is C22H18ClNO5. The van der Waals surface area contributed by atoms with Crippen LogP contribution in [0, 0.1) is 13.8 Å². The molecule has 7 heteroatoms. The van der Waals surface area contributed by atoms with E-state index in [2.05, 4.69) is 5.32 Å². The first-order chi connectivity index (χ1) is 13.9. The van der Waals surface area contributed by atoms with Gasteiger partial charge in [0.2, 0.25) is 5.91 Å². The first-order valence-corrected chi connectivity index (χ1v) is 9.32. The maximum atomic E-state index is 12.5. The summed E-state index contributed by atoms with van der Waals surface area (Å²) in [5.41, 5.74) is 3.07. The number of hydrogen-bond acceptors (Lipinski definition) is 5. The van der Waals surface area contributed by atoms with Crippen molar-refractivity contribution in [2.24, 2.45) is 0 Å². The van der Waals surface area contributed by atoms with Gasteiger partial charge in [0.15, 0.2) is 0 Å². The van der Waals surface area contributed by atoms with Gasteiger partial charge in [-0.25, -0.2) is 4.79 Å². The number of nitrogens with one attached hydrogen (secondary N) is 1. The summed E-state index contributed by atoms with van der Waals surface area (Å²) in [5, 5.41) is 4.84. The van der Waals surface area contributed by atoms with Crippen molar-refractivity contribution in [3.8, 4) is 5.75 Å². The number of hydrogen-bond donors (Lipinski definition) is 1. The zero-order valence-electron chi connectivity index (χ0n) is 16.1. The number of amides is 1. The Kier molecular flexibility index (Phi) is 4.80. The molecule has 148 valence electrons. The lowest BCUT2D eigenvalue weighted by atomic mass is 10.0. The van der Waals surface area contributed by atoms with Gasteiger partial charge in [-0.2, -0.15) is 0 Å². The van der Waals surface area contributed by atoms with E-state index in [9.17, 15) is 9.59 Å². The van der Waals surface area contributed by atoms with E-state index in [1.54, 1.807) is 30.5 Å². The van der Waals surface area contributed by atoms with Gasteiger partial charge in [-0.15, -0.1) is 0 Å². The summed E-state index contributed by atoms with van der Waals surface area (Å²) in [4.78, 5) is 25.0. The molecule has 0 saturated carbocycles. The third-order valence-corrected chi connectivity index (χ3v) is 5.24. The fourth-order valence-corrected chi connectivity index (χ4v) is 3.61. The topological polar surface area (TPSA) is 81.7 Å². The molecule has 4 aromatic rings. The number of ether oxygens (including phenoxy) is 1. The molecule has 0 radical (unpaired) electrons. The van der Waals surface area contributed by atoms with Gasteiger partial charge in [0.25, 0.3) is 0 Å². The molecule has 1 N–H and O–H groups in total. The van der Waals surface area contributed by atoms with Gasteiger partial charge in [0.05, 0.1) is 30.4 Å². The molecule has 0 bridgehead atoms. The van der Waals surface area contributed by atoms with Crippen LogP contribution in [0.2, 0.25) is 5.02 Å². The standard InChI is InChI=1S/C22H18ClNO5/c1-11-10-28-19-9-20-15(7-14(11)19)12(2)16(22(26)29-20)8-21(25)24-13-4-5-18(27-3)17(23)6-13/h4-7,9-10H,8H2,1-3H3,(H,24,25). The smallest absolute Gasteiger partial charge is 0.340 e. The van der Waals surface area contributed by atoms with Crippen molar-refractivity contribution in [2.45, 2.75) is 20.3 Å².